The van der Waals surface area contributed by atoms with Crippen molar-refractivity contribution in [2.24, 2.45) is 5.73 Å². The van der Waals surface area contributed by atoms with Gasteiger partial charge in [-0.05, 0) is 24.4 Å². The van der Waals surface area contributed by atoms with Crippen LogP contribution in [0, 0.1) is 11.8 Å². The maximum atomic E-state index is 12.2. The summed E-state index contributed by atoms with van der Waals surface area (Å²) in [4.78, 5) is 12.8. The summed E-state index contributed by atoms with van der Waals surface area (Å²) in [7, 11) is 0. The second-order valence-electron chi connectivity index (χ2n) is 4.27. The highest BCUT2D eigenvalue weighted by Crippen LogP contribution is 2.15. The van der Waals surface area contributed by atoms with Crippen LogP contribution in [-0.4, -0.2) is 28.3 Å². The van der Waals surface area contributed by atoms with Crippen LogP contribution in [0.5, 0.6) is 0 Å². The highest BCUT2D eigenvalue weighted by atomic mass is 32.1. The van der Waals surface area contributed by atoms with E-state index in [0.29, 0.717) is 11.4 Å². The van der Waals surface area contributed by atoms with Crippen LogP contribution in [0.4, 0.5) is 0 Å². The fourth-order valence-electron chi connectivity index (χ4n) is 1.75. The molecule has 0 spiro atoms. The van der Waals surface area contributed by atoms with Crippen LogP contribution in [0.15, 0.2) is 29.9 Å². The van der Waals surface area contributed by atoms with Crippen molar-refractivity contribution < 1.29 is 4.79 Å². The Hall–Kier alpha value is -2.10. The first-order chi connectivity index (χ1) is 9.70. The minimum absolute atomic E-state index is 0.0141. The number of amides is 1. The number of nitrogens with two attached hydrogens (primary N) is 1. The summed E-state index contributed by atoms with van der Waals surface area (Å²) in [5, 5.41) is 8.92. The molecule has 2 rings (SSSR count). The number of carbonyl (C=O) groups excluding carboxylic acids is 1. The minimum Gasteiger partial charge on any atom is -0.347 e. The molecule has 1 amide bonds. The van der Waals surface area contributed by atoms with Crippen LogP contribution in [0.3, 0.4) is 0 Å². The summed E-state index contributed by atoms with van der Waals surface area (Å²) in [6.07, 6.45) is 3.58. The van der Waals surface area contributed by atoms with E-state index in [9.17, 15) is 4.79 Å². The molecule has 104 valence electrons. The van der Waals surface area contributed by atoms with Gasteiger partial charge in [-0.2, -0.15) is 5.10 Å². The Kier molecular flexibility index (Phi) is 4.93. The molecule has 0 aliphatic rings. The van der Waals surface area contributed by atoms with Crippen molar-refractivity contribution in [1.29, 1.82) is 0 Å². The SMILES string of the molecule is CC(Cn1cccn1)NC(=O)c1sccc1C#CCN. The van der Waals surface area contributed by atoms with Gasteiger partial charge >= 0.3 is 0 Å². The Morgan fingerprint density at radius 3 is 3.20 bits per heavy atom. The molecule has 0 aliphatic carbocycles. The summed E-state index contributed by atoms with van der Waals surface area (Å²) >= 11 is 1.38. The maximum absolute atomic E-state index is 12.2. The summed E-state index contributed by atoms with van der Waals surface area (Å²) in [6, 6.07) is 3.68. The van der Waals surface area contributed by atoms with Crippen molar-refractivity contribution in [3.63, 3.8) is 0 Å². The van der Waals surface area contributed by atoms with E-state index >= 15 is 0 Å². The fraction of sp³-hybridized carbons (Fsp3) is 0.286. The Morgan fingerprint density at radius 2 is 2.50 bits per heavy atom. The second kappa shape index (κ2) is 6.89. The molecule has 2 aromatic rings. The molecule has 0 aromatic carbocycles. The minimum atomic E-state index is -0.110. The predicted molar refractivity (Wildman–Crippen MR) is 79.4 cm³/mol. The first kappa shape index (κ1) is 14.3. The lowest BCUT2D eigenvalue weighted by Gasteiger charge is -2.13. The molecule has 0 bridgehead atoms. The molecule has 2 heterocycles. The molecule has 0 aliphatic heterocycles. The lowest BCUT2D eigenvalue weighted by atomic mass is 10.2. The van der Waals surface area contributed by atoms with Gasteiger partial charge in [-0.1, -0.05) is 11.8 Å². The van der Waals surface area contributed by atoms with Gasteiger partial charge in [-0.25, -0.2) is 0 Å². The zero-order valence-electron chi connectivity index (χ0n) is 11.2. The normalized spacial score (nSPS) is 11.5. The molecule has 1 atom stereocenters. The largest absolute Gasteiger partial charge is 0.347 e. The Morgan fingerprint density at radius 1 is 1.65 bits per heavy atom. The number of thiophene rings is 1. The molecule has 5 nitrogen and oxygen atoms in total. The third-order valence-electron chi connectivity index (χ3n) is 2.59. The number of aromatic nitrogens is 2. The first-order valence-electron chi connectivity index (χ1n) is 6.25. The van der Waals surface area contributed by atoms with Crippen molar-refractivity contribution in [3.8, 4) is 11.8 Å². The van der Waals surface area contributed by atoms with E-state index in [1.165, 1.54) is 11.3 Å². The summed E-state index contributed by atoms with van der Waals surface area (Å²) in [5.74, 6) is 5.57. The highest BCUT2D eigenvalue weighted by molar-refractivity contribution is 7.12. The number of nitrogens with one attached hydrogen (secondary N) is 1. The summed E-state index contributed by atoms with van der Waals surface area (Å²) in [5.41, 5.74) is 6.07. The number of hydrogen-bond acceptors (Lipinski definition) is 4. The van der Waals surface area contributed by atoms with Gasteiger partial charge in [0.1, 0.15) is 4.88 Å². The maximum Gasteiger partial charge on any atom is 0.262 e. The molecule has 6 heteroatoms. The Labute approximate surface area is 121 Å². The zero-order valence-corrected chi connectivity index (χ0v) is 12.0. The number of hydrogen-bond donors (Lipinski definition) is 2. The van der Waals surface area contributed by atoms with Crippen LogP contribution in [-0.2, 0) is 6.54 Å². The van der Waals surface area contributed by atoms with Crippen molar-refractivity contribution in [3.05, 3.63) is 40.3 Å². The van der Waals surface area contributed by atoms with Crippen molar-refractivity contribution in [2.45, 2.75) is 19.5 Å². The Balaban J connectivity index is 1.99. The summed E-state index contributed by atoms with van der Waals surface area (Å²) < 4.78 is 1.79. The molecule has 20 heavy (non-hydrogen) atoms. The van der Waals surface area contributed by atoms with Crippen LogP contribution < -0.4 is 11.1 Å². The number of nitrogens with zero attached hydrogens (tertiary/aromatic N) is 2. The number of rotatable bonds is 4. The highest BCUT2D eigenvalue weighted by Gasteiger charge is 2.14. The molecule has 3 N–H and O–H groups in total. The lowest BCUT2D eigenvalue weighted by Crippen LogP contribution is -2.35. The van der Waals surface area contributed by atoms with E-state index in [2.05, 4.69) is 22.3 Å². The van der Waals surface area contributed by atoms with E-state index in [0.717, 1.165) is 5.56 Å². The lowest BCUT2D eigenvalue weighted by molar-refractivity contribution is 0.0940. The second-order valence-corrected chi connectivity index (χ2v) is 5.19. The molecule has 1 unspecified atom stereocenters. The third kappa shape index (κ3) is 3.70. The monoisotopic (exact) mass is 288 g/mol. The van der Waals surface area contributed by atoms with Crippen LogP contribution >= 0.6 is 11.3 Å². The van der Waals surface area contributed by atoms with E-state index in [4.69, 9.17) is 5.73 Å². The standard InChI is InChI=1S/C14H16N4OS/c1-11(10-18-8-3-7-16-18)17-14(19)13-12(4-2-6-15)5-9-20-13/h3,5,7-9,11H,6,10,15H2,1H3,(H,17,19). The van der Waals surface area contributed by atoms with Gasteiger partial charge < -0.3 is 11.1 Å². The van der Waals surface area contributed by atoms with E-state index in [1.54, 1.807) is 10.9 Å². The smallest absolute Gasteiger partial charge is 0.262 e. The molecule has 0 radical (unpaired) electrons. The van der Waals surface area contributed by atoms with Gasteiger partial charge in [-0.15, -0.1) is 11.3 Å². The summed E-state index contributed by atoms with van der Waals surface area (Å²) in [6.45, 7) is 2.86. The molecular formula is C14H16N4OS. The van der Waals surface area contributed by atoms with Crippen molar-refractivity contribution in [1.82, 2.24) is 15.1 Å². The number of carbonyl (C=O) groups is 1. The van der Waals surface area contributed by atoms with Gasteiger partial charge in [-0.3, -0.25) is 9.48 Å². The molecule has 2 aromatic heterocycles. The van der Waals surface area contributed by atoms with E-state index in [-0.39, 0.29) is 18.5 Å². The van der Waals surface area contributed by atoms with Crippen LogP contribution in [0.2, 0.25) is 0 Å². The van der Waals surface area contributed by atoms with Gasteiger partial charge in [0.15, 0.2) is 0 Å². The molecule has 0 saturated heterocycles. The first-order valence-corrected chi connectivity index (χ1v) is 7.13. The van der Waals surface area contributed by atoms with Crippen molar-refractivity contribution in [2.75, 3.05) is 6.54 Å². The van der Waals surface area contributed by atoms with Gasteiger partial charge in [0.2, 0.25) is 0 Å². The van der Waals surface area contributed by atoms with E-state index in [1.807, 2.05) is 30.6 Å². The van der Waals surface area contributed by atoms with Gasteiger partial charge in [0.25, 0.3) is 5.91 Å². The average molecular weight is 288 g/mol. The van der Waals surface area contributed by atoms with Gasteiger partial charge in [0, 0.05) is 24.0 Å². The van der Waals surface area contributed by atoms with E-state index < -0.39 is 0 Å². The topological polar surface area (TPSA) is 72.9 Å². The predicted octanol–water partition coefficient (Wildman–Crippen LogP) is 1.07. The fourth-order valence-corrected chi connectivity index (χ4v) is 2.51. The molecule has 0 fully saturated rings. The zero-order chi connectivity index (χ0) is 14.4. The molecule has 0 saturated carbocycles. The van der Waals surface area contributed by atoms with Crippen LogP contribution in [0.1, 0.15) is 22.2 Å². The third-order valence-corrected chi connectivity index (χ3v) is 3.51. The van der Waals surface area contributed by atoms with Crippen molar-refractivity contribution >= 4 is 17.2 Å². The molecular weight excluding hydrogens is 272 g/mol. The van der Waals surface area contributed by atoms with Gasteiger partial charge in [0.05, 0.1) is 13.1 Å². The Bertz CT molecular complexity index is 621. The van der Waals surface area contributed by atoms with Crippen LogP contribution in [0.25, 0.3) is 0 Å². The quantitative estimate of drug-likeness (QED) is 0.827. The average Bonchev–Trinajstić information content (AvgIpc) is 3.06.